The van der Waals surface area contributed by atoms with Crippen molar-refractivity contribution in [2.45, 2.75) is 6.92 Å². The SMILES string of the molecule is COc1cc(C)c2[nH]ccc2c1C(=O)O. The second kappa shape index (κ2) is 3.31. The second-order valence-corrected chi connectivity index (χ2v) is 3.34. The largest absolute Gasteiger partial charge is 0.496 e. The molecule has 0 saturated heterocycles. The van der Waals surface area contributed by atoms with E-state index < -0.39 is 5.97 Å². The molecule has 2 rings (SSSR count). The van der Waals surface area contributed by atoms with Crippen LogP contribution in [0.3, 0.4) is 0 Å². The van der Waals surface area contributed by atoms with Gasteiger partial charge in [0.2, 0.25) is 0 Å². The molecule has 4 nitrogen and oxygen atoms in total. The van der Waals surface area contributed by atoms with E-state index in [1.165, 1.54) is 7.11 Å². The Kier molecular flexibility index (Phi) is 2.11. The van der Waals surface area contributed by atoms with Gasteiger partial charge in [-0.25, -0.2) is 4.79 Å². The molecule has 0 atom stereocenters. The zero-order chi connectivity index (χ0) is 11.0. The minimum atomic E-state index is -0.976. The van der Waals surface area contributed by atoms with Crippen molar-refractivity contribution in [3.05, 3.63) is 29.5 Å². The van der Waals surface area contributed by atoms with Crippen molar-refractivity contribution in [2.75, 3.05) is 7.11 Å². The van der Waals surface area contributed by atoms with E-state index in [4.69, 9.17) is 9.84 Å². The maximum absolute atomic E-state index is 11.1. The lowest BCUT2D eigenvalue weighted by atomic mass is 10.1. The Bertz CT molecular complexity index is 528. The summed E-state index contributed by atoms with van der Waals surface area (Å²) >= 11 is 0. The third kappa shape index (κ3) is 1.34. The highest BCUT2D eigenvalue weighted by Crippen LogP contribution is 2.30. The fraction of sp³-hybridized carbons (Fsp3) is 0.182. The van der Waals surface area contributed by atoms with Gasteiger partial charge in [0.15, 0.2) is 0 Å². The van der Waals surface area contributed by atoms with Crippen molar-refractivity contribution >= 4 is 16.9 Å². The Hall–Kier alpha value is -1.97. The molecule has 1 heterocycles. The molecule has 0 saturated carbocycles. The van der Waals surface area contributed by atoms with E-state index in [0.29, 0.717) is 11.1 Å². The summed E-state index contributed by atoms with van der Waals surface area (Å²) in [5.74, 6) is -0.580. The number of methoxy groups -OCH3 is 1. The number of rotatable bonds is 2. The summed E-state index contributed by atoms with van der Waals surface area (Å²) in [6.45, 7) is 1.91. The number of carboxylic acid groups (broad SMARTS) is 1. The van der Waals surface area contributed by atoms with Gasteiger partial charge in [-0.05, 0) is 24.6 Å². The van der Waals surface area contributed by atoms with Crippen LogP contribution in [0, 0.1) is 6.92 Å². The van der Waals surface area contributed by atoms with Gasteiger partial charge in [-0.3, -0.25) is 0 Å². The molecule has 0 spiro atoms. The molecular formula is C11H11NO3. The fourth-order valence-electron chi connectivity index (χ4n) is 1.76. The number of aromatic nitrogens is 1. The molecule has 0 radical (unpaired) electrons. The molecule has 0 aliphatic rings. The summed E-state index contributed by atoms with van der Waals surface area (Å²) in [5, 5.41) is 9.79. The average molecular weight is 205 g/mol. The van der Waals surface area contributed by atoms with Gasteiger partial charge in [-0.1, -0.05) is 0 Å². The summed E-state index contributed by atoms with van der Waals surface area (Å²) in [6, 6.07) is 3.47. The van der Waals surface area contributed by atoms with Crippen molar-refractivity contribution in [1.29, 1.82) is 0 Å². The van der Waals surface area contributed by atoms with E-state index in [0.717, 1.165) is 11.1 Å². The minimum Gasteiger partial charge on any atom is -0.496 e. The van der Waals surface area contributed by atoms with E-state index in [-0.39, 0.29) is 5.56 Å². The molecule has 2 aromatic rings. The first-order chi connectivity index (χ1) is 7.15. The molecule has 0 aliphatic heterocycles. The third-order valence-electron chi connectivity index (χ3n) is 2.44. The Morgan fingerprint density at radius 3 is 2.87 bits per heavy atom. The van der Waals surface area contributed by atoms with Crippen LogP contribution >= 0.6 is 0 Å². The summed E-state index contributed by atoms with van der Waals surface area (Å²) in [4.78, 5) is 14.1. The van der Waals surface area contributed by atoms with E-state index in [2.05, 4.69) is 4.98 Å². The van der Waals surface area contributed by atoms with Crippen LogP contribution < -0.4 is 4.74 Å². The second-order valence-electron chi connectivity index (χ2n) is 3.34. The highest BCUT2D eigenvalue weighted by Gasteiger charge is 2.17. The third-order valence-corrected chi connectivity index (χ3v) is 2.44. The molecule has 0 fully saturated rings. The molecule has 2 N–H and O–H groups in total. The number of aryl methyl sites for hydroxylation is 1. The van der Waals surface area contributed by atoms with Crippen LogP contribution in [0.4, 0.5) is 0 Å². The number of benzene rings is 1. The molecule has 0 amide bonds. The zero-order valence-corrected chi connectivity index (χ0v) is 8.50. The Morgan fingerprint density at radius 1 is 1.53 bits per heavy atom. The topological polar surface area (TPSA) is 62.3 Å². The number of hydrogen-bond acceptors (Lipinski definition) is 2. The van der Waals surface area contributed by atoms with Crippen LogP contribution in [0.5, 0.6) is 5.75 Å². The van der Waals surface area contributed by atoms with Gasteiger partial charge in [-0.2, -0.15) is 0 Å². The van der Waals surface area contributed by atoms with Crippen molar-refractivity contribution < 1.29 is 14.6 Å². The zero-order valence-electron chi connectivity index (χ0n) is 8.50. The highest BCUT2D eigenvalue weighted by atomic mass is 16.5. The summed E-state index contributed by atoms with van der Waals surface area (Å²) in [6.07, 6.45) is 1.73. The molecule has 1 aromatic carbocycles. The molecule has 4 heteroatoms. The lowest BCUT2D eigenvalue weighted by Crippen LogP contribution is -2.01. The van der Waals surface area contributed by atoms with E-state index in [1.54, 1.807) is 18.3 Å². The van der Waals surface area contributed by atoms with Crippen molar-refractivity contribution in [3.8, 4) is 5.75 Å². The quantitative estimate of drug-likeness (QED) is 0.789. The molecule has 0 bridgehead atoms. The number of ether oxygens (including phenoxy) is 1. The number of aromatic amines is 1. The molecular weight excluding hydrogens is 194 g/mol. The Morgan fingerprint density at radius 2 is 2.27 bits per heavy atom. The van der Waals surface area contributed by atoms with E-state index in [9.17, 15) is 4.79 Å². The molecule has 15 heavy (non-hydrogen) atoms. The maximum atomic E-state index is 11.1. The van der Waals surface area contributed by atoms with Crippen LogP contribution in [0.25, 0.3) is 10.9 Å². The lowest BCUT2D eigenvalue weighted by Gasteiger charge is -2.08. The number of nitrogens with one attached hydrogen (secondary N) is 1. The lowest BCUT2D eigenvalue weighted by molar-refractivity contribution is 0.0695. The van der Waals surface area contributed by atoms with Gasteiger partial charge in [0.25, 0.3) is 0 Å². The summed E-state index contributed by atoms with van der Waals surface area (Å²) in [7, 11) is 1.47. The first kappa shape index (κ1) is 9.58. The van der Waals surface area contributed by atoms with Crippen molar-refractivity contribution in [3.63, 3.8) is 0 Å². The summed E-state index contributed by atoms with van der Waals surface area (Å²) < 4.78 is 5.07. The van der Waals surface area contributed by atoms with Crippen LogP contribution in [0.2, 0.25) is 0 Å². The van der Waals surface area contributed by atoms with Gasteiger partial charge >= 0.3 is 5.97 Å². The number of hydrogen-bond donors (Lipinski definition) is 2. The van der Waals surface area contributed by atoms with Crippen LogP contribution in [0.15, 0.2) is 18.3 Å². The minimum absolute atomic E-state index is 0.208. The average Bonchev–Trinajstić information content (AvgIpc) is 2.65. The first-order valence-corrected chi connectivity index (χ1v) is 4.53. The number of carboxylic acids is 1. The van der Waals surface area contributed by atoms with Crippen molar-refractivity contribution in [1.82, 2.24) is 4.98 Å². The van der Waals surface area contributed by atoms with Gasteiger partial charge in [0.05, 0.1) is 7.11 Å². The molecule has 1 aromatic heterocycles. The Balaban J connectivity index is 2.89. The number of fused-ring (bicyclic) bond motifs is 1. The number of carbonyl (C=O) groups is 1. The monoisotopic (exact) mass is 205 g/mol. The van der Waals surface area contributed by atoms with Gasteiger partial charge < -0.3 is 14.8 Å². The van der Waals surface area contributed by atoms with Crippen LogP contribution in [0.1, 0.15) is 15.9 Å². The fourth-order valence-corrected chi connectivity index (χ4v) is 1.76. The standard InChI is InChI=1S/C11H11NO3/c1-6-5-8(15-2)9(11(13)14)7-3-4-12-10(6)7/h3-5,12H,1-2H3,(H,13,14). The van der Waals surface area contributed by atoms with Crippen molar-refractivity contribution in [2.24, 2.45) is 0 Å². The normalized spacial score (nSPS) is 10.5. The number of aromatic carboxylic acids is 1. The van der Waals surface area contributed by atoms with Crippen LogP contribution in [-0.2, 0) is 0 Å². The van der Waals surface area contributed by atoms with Crippen LogP contribution in [-0.4, -0.2) is 23.2 Å². The number of H-pyrrole nitrogens is 1. The highest BCUT2D eigenvalue weighted by molar-refractivity contribution is 6.06. The molecule has 78 valence electrons. The van der Waals surface area contributed by atoms with E-state index in [1.807, 2.05) is 6.92 Å². The first-order valence-electron chi connectivity index (χ1n) is 4.53. The smallest absolute Gasteiger partial charge is 0.340 e. The van der Waals surface area contributed by atoms with Gasteiger partial charge in [0.1, 0.15) is 11.3 Å². The molecule has 0 aliphatic carbocycles. The summed E-state index contributed by atoms with van der Waals surface area (Å²) in [5.41, 5.74) is 2.02. The molecule has 0 unspecified atom stereocenters. The van der Waals surface area contributed by atoms with E-state index >= 15 is 0 Å². The predicted molar refractivity (Wildman–Crippen MR) is 56.5 cm³/mol. The Labute approximate surface area is 86.5 Å². The van der Waals surface area contributed by atoms with Gasteiger partial charge in [0, 0.05) is 17.1 Å². The maximum Gasteiger partial charge on any atom is 0.340 e. The predicted octanol–water partition coefficient (Wildman–Crippen LogP) is 2.18. The van der Waals surface area contributed by atoms with Gasteiger partial charge in [-0.15, -0.1) is 0 Å².